The van der Waals surface area contributed by atoms with Crippen LogP contribution in [0.25, 0.3) is 10.9 Å². The molecule has 0 spiro atoms. The van der Waals surface area contributed by atoms with Crippen molar-refractivity contribution in [2.75, 3.05) is 0 Å². The Kier molecular flexibility index (Phi) is 4.49. The van der Waals surface area contributed by atoms with Gasteiger partial charge in [0.25, 0.3) is 5.56 Å². The molecule has 5 nitrogen and oxygen atoms in total. The molecule has 106 valence electrons. The Balaban J connectivity index is 2.63. The fraction of sp³-hybridized carbons (Fsp3) is 0.308. The highest BCUT2D eigenvalue weighted by Crippen LogP contribution is 2.23. The molecule has 0 saturated carbocycles. The van der Waals surface area contributed by atoms with E-state index in [1.165, 1.54) is 11.8 Å². The van der Waals surface area contributed by atoms with Gasteiger partial charge in [-0.15, -0.1) is 0 Å². The van der Waals surface area contributed by atoms with E-state index in [0.717, 1.165) is 4.47 Å². The van der Waals surface area contributed by atoms with Gasteiger partial charge in [-0.3, -0.25) is 14.2 Å². The number of carbonyl (C=O) groups excluding carboxylic acids is 1. The van der Waals surface area contributed by atoms with Crippen molar-refractivity contribution in [1.29, 1.82) is 0 Å². The lowest BCUT2D eigenvalue weighted by molar-refractivity contribution is -0.117. The van der Waals surface area contributed by atoms with E-state index in [1.807, 2.05) is 13.0 Å². The predicted octanol–water partition coefficient (Wildman–Crippen LogP) is 2.14. The van der Waals surface area contributed by atoms with Crippen LogP contribution in [0.3, 0.4) is 0 Å². The summed E-state index contributed by atoms with van der Waals surface area (Å²) in [6, 6.07) is 5.36. The van der Waals surface area contributed by atoms with E-state index in [-0.39, 0.29) is 5.56 Å². The number of benzene rings is 1. The Morgan fingerprint density at radius 1 is 1.55 bits per heavy atom. The number of halogens is 1. The number of aromatic nitrogens is 2. The number of thioether (sulfide) groups is 1. The van der Waals surface area contributed by atoms with Crippen molar-refractivity contribution in [2.45, 2.75) is 30.8 Å². The smallest absolute Gasteiger partial charge is 0.262 e. The largest absolute Gasteiger partial charge is 0.369 e. The maximum Gasteiger partial charge on any atom is 0.262 e. The summed E-state index contributed by atoms with van der Waals surface area (Å²) >= 11 is 4.55. The third-order valence-corrected chi connectivity index (χ3v) is 4.48. The zero-order chi connectivity index (χ0) is 14.9. The first kappa shape index (κ1) is 15.1. The molecular formula is C13H14BrN3O2S. The van der Waals surface area contributed by atoms with E-state index in [9.17, 15) is 9.59 Å². The van der Waals surface area contributed by atoms with Gasteiger partial charge in [0.05, 0.1) is 16.2 Å². The molecule has 0 aliphatic heterocycles. The van der Waals surface area contributed by atoms with Gasteiger partial charge in [-0.05, 0) is 32.0 Å². The summed E-state index contributed by atoms with van der Waals surface area (Å²) in [5, 5.41) is 0.628. The molecule has 1 aromatic carbocycles. The first-order chi connectivity index (χ1) is 9.43. The monoisotopic (exact) mass is 355 g/mol. The number of hydrogen-bond donors (Lipinski definition) is 1. The minimum Gasteiger partial charge on any atom is -0.369 e. The van der Waals surface area contributed by atoms with Crippen LogP contribution in [-0.4, -0.2) is 20.7 Å². The Bertz CT molecular complexity index is 729. The second-order valence-corrected chi connectivity index (χ2v) is 6.49. The Morgan fingerprint density at radius 3 is 2.85 bits per heavy atom. The molecule has 2 aromatic rings. The normalized spacial score (nSPS) is 12.6. The summed E-state index contributed by atoms with van der Waals surface area (Å²) in [6.07, 6.45) is 0. The molecule has 0 fully saturated rings. The van der Waals surface area contributed by atoms with Crippen molar-refractivity contribution in [3.63, 3.8) is 0 Å². The van der Waals surface area contributed by atoms with Crippen molar-refractivity contribution >= 4 is 44.5 Å². The number of hydrogen-bond acceptors (Lipinski definition) is 4. The van der Waals surface area contributed by atoms with Gasteiger partial charge in [-0.25, -0.2) is 4.98 Å². The standard InChI is InChI=1S/C13H14BrN3O2S/c1-3-17-12(19)9-6-8(14)4-5-10(9)16-13(17)20-7(2)11(15)18/h4-7H,3H2,1-2H3,(H2,15,18)/t7-/m1/s1. The maximum absolute atomic E-state index is 12.5. The Morgan fingerprint density at radius 2 is 2.25 bits per heavy atom. The summed E-state index contributed by atoms with van der Waals surface area (Å²) in [5.41, 5.74) is 5.76. The van der Waals surface area contributed by atoms with Crippen molar-refractivity contribution in [1.82, 2.24) is 9.55 Å². The number of nitrogens with two attached hydrogens (primary N) is 1. The van der Waals surface area contributed by atoms with Crippen LogP contribution in [0.5, 0.6) is 0 Å². The summed E-state index contributed by atoms with van der Waals surface area (Å²) < 4.78 is 2.39. The molecule has 1 aromatic heterocycles. The molecule has 0 saturated heterocycles. The minimum atomic E-state index is -0.437. The maximum atomic E-state index is 12.5. The van der Waals surface area contributed by atoms with Crippen molar-refractivity contribution in [2.24, 2.45) is 5.73 Å². The molecule has 0 unspecified atom stereocenters. The zero-order valence-corrected chi connectivity index (χ0v) is 13.5. The lowest BCUT2D eigenvalue weighted by Crippen LogP contribution is -2.26. The van der Waals surface area contributed by atoms with E-state index in [4.69, 9.17) is 5.73 Å². The van der Waals surface area contributed by atoms with Crippen LogP contribution in [0.2, 0.25) is 0 Å². The van der Waals surface area contributed by atoms with E-state index in [0.29, 0.717) is 22.6 Å². The van der Waals surface area contributed by atoms with E-state index >= 15 is 0 Å². The van der Waals surface area contributed by atoms with Crippen LogP contribution in [0.1, 0.15) is 13.8 Å². The highest BCUT2D eigenvalue weighted by atomic mass is 79.9. The van der Waals surface area contributed by atoms with E-state index < -0.39 is 11.2 Å². The van der Waals surface area contributed by atoms with Gasteiger partial charge < -0.3 is 5.73 Å². The second-order valence-electron chi connectivity index (χ2n) is 4.27. The fourth-order valence-corrected chi connectivity index (χ4v) is 3.04. The van der Waals surface area contributed by atoms with Crippen LogP contribution < -0.4 is 11.3 Å². The highest BCUT2D eigenvalue weighted by molar-refractivity contribution is 9.10. The molecule has 7 heteroatoms. The molecular weight excluding hydrogens is 342 g/mol. The minimum absolute atomic E-state index is 0.113. The molecule has 1 amide bonds. The average Bonchev–Trinajstić information content (AvgIpc) is 2.40. The van der Waals surface area contributed by atoms with Gasteiger partial charge in [-0.1, -0.05) is 27.7 Å². The number of primary amides is 1. The lowest BCUT2D eigenvalue weighted by Gasteiger charge is -2.13. The summed E-state index contributed by atoms with van der Waals surface area (Å²) in [4.78, 5) is 28.1. The van der Waals surface area contributed by atoms with E-state index in [1.54, 1.807) is 23.6 Å². The molecule has 0 aliphatic carbocycles. The molecule has 1 heterocycles. The average molecular weight is 356 g/mol. The highest BCUT2D eigenvalue weighted by Gasteiger charge is 2.16. The number of carbonyl (C=O) groups is 1. The van der Waals surface area contributed by atoms with Crippen LogP contribution in [-0.2, 0) is 11.3 Å². The molecule has 2 rings (SSSR count). The second kappa shape index (κ2) is 5.97. The molecule has 1 atom stereocenters. The fourth-order valence-electron chi connectivity index (χ4n) is 1.76. The SMILES string of the molecule is CCn1c(S[C@H](C)C(N)=O)nc2ccc(Br)cc2c1=O. The molecule has 0 aliphatic rings. The first-order valence-electron chi connectivity index (χ1n) is 6.10. The van der Waals surface area contributed by atoms with Gasteiger partial charge in [0.1, 0.15) is 0 Å². The van der Waals surface area contributed by atoms with Crippen LogP contribution in [0.15, 0.2) is 32.6 Å². The van der Waals surface area contributed by atoms with Gasteiger partial charge in [0.2, 0.25) is 5.91 Å². The molecule has 0 radical (unpaired) electrons. The predicted molar refractivity (Wildman–Crippen MR) is 83.9 cm³/mol. The van der Waals surface area contributed by atoms with Gasteiger partial charge in [0, 0.05) is 11.0 Å². The summed E-state index contributed by atoms with van der Waals surface area (Å²) in [7, 11) is 0. The molecule has 2 N–H and O–H groups in total. The third-order valence-electron chi connectivity index (χ3n) is 2.88. The van der Waals surface area contributed by atoms with Crippen LogP contribution in [0.4, 0.5) is 0 Å². The first-order valence-corrected chi connectivity index (χ1v) is 7.77. The Labute approximate surface area is 128 Å². The van der Waals surface area contributed by atoms with Crippen LogP contribution >= 0.6 is 27.7 Å². The van der Waals surface area contributed by atoms with E-state index in [2.05, 4.69) is 20.9 Å². The summed E-state index contributed by atoms with van der Waals surface area (Å²) in [5.74, 6) is -0.428. The van der Waals surface area contributed by atoms with Gasteiger partial charge in [-0.2, -0.15) is 0 Å². The van der Waals surface area contributed by atoms with Gasteiger partial charge in [0.15, 0.2) is 5.16 Å². The topological polar surface area (TPSA) is 78.0 Å². The summed E-state index contributed by atoms with van der Waals surface area (Å²) in [6.45, 7) is 4.05. The van der Waals surface area contributed by atoms with Crippen LogP contribution in [0, 0.1) is 0 Å². The third kappa shape index (κ3) is 2.88. The number of fused-ring (bicyclic) bond motifs is 1. The number of rotatable bonds is 4. The zero-order valence-electron chi connectivity index (χ0n) is 11.1. The van der Waals surface area contributed by atoms with Gasteiger partial charge >= 0.3 is 0 Å². The van der Waals surface area contributed by atoms with Crippen molar-refractivity contribution in [3.05, 3.63) is 33.0 Å². The molecule has 20 heavy (non-hydrogen) atoms. The molecule has 0 bridgehead atoms. The lowest BCUT2D eigenvalue weighted by atomic mass is 10.2. The quantitative estimate of drug-likeness (QED) is 0.673. The Hall–Kier alpha value is -1.34. The van der Waals surface area contributed by atoms with Crippen molar-refractivity contribution in [3.8, 4) is 0 Å². The van der Waals surface area contributed by atoms with Crippen molar-refractivity contribution < 1.29 is 4.79 Å². The number of nitrogens with zero attached hydrogens (tertiary/aromatic N) is 2. The number of amides is 1.